The molecule has 1 unspecified atom stereocenters. The van der Waals surface area contributed by atoms with Crippen molar-refractivity contribution < 1.29 is 0 Å². The van der Waals surface area contributed by atoms with Crippen molar-refractivity contribution in [3.8, 4) is 0 Å². The molecule has 2 N–H and O–H groups in total. The van der Waals surface area contributed by atoms with E-state index in [1.165, 1.54) is 25.7 Å². The van der Waals surface area contributed by atoms with E-state index in [0.717, 1.165) is 24.2 Å². The summed E-state index contributed by atoms with van der Waals surface area (Å²) in [6.45, 7) is 6.66. The number of hydrogen-bond donors (Lipinski definition) is 2. The second-order valence-electron chi connectivity index (χ2n) is 5.68. The Morgan fingerprint density at radius 1 is 1.40 bits per heavy atom. The fourth-order valence-corrected chi connectivity index (χ4v) is 2.93. The van der Waals surface area contributed by atoms with Gasteiger partial charge in [0.2, 0.25) is 0 Å². The van der Waals surface area contributed by atoms with Crippen molar-refractivity contribution in [1.29, 1.82) is 0 Å². The molecule has 1 aliphatic rings. The second-order valence-corrected chi connectivity index (χ2v) is 5.68. The van der Waals surface area contributed by atoms with Gasteiger partial charge in [0, 0.05) is 11.7 Å². The van der Waals surface area contributed by atoms with Crippen molar-refractivity contribution in [1.82, 2.24) is 15.3 Å². The molecule has 0 aromatic carbocycles. The average molecular weight is 275 g/mol. The van der Waals surface area contributed by atoms with Gasteiger partial charge in [-0.1, -0.05) is 11.6 Å². The lowest BCUT2D eigenvalue weighted by Crippen LogP contribution is -2.28. The van der Waals surface area contributed by atoms with Gasteiger partial charge in [0.25, 0.3) is 5.56 Å². The number of hydrogen-bond acceptors (Lipinski definition) is 3. The van der Waals surface area contributed by atoms with E-state index < -0.39 is 0 Å². The number of aryl methyl sites for hydroxylation is 2. The van der Waals surface area contributed by atoms with Crippen molar-refractivity contribution in [3.05, 3.63) is 39.1 Å². The maximum absolute atomic E-state index is 12.0. The highest BCUT2D eigenvalue weighted by Crippen LogP contribution is 2.20. The first-order valence-corrected chi connectivity index (χ1v) is 7.56. The van der Waals surface area contributed by atoms with Gasteiger partial charge in [-0.25, -0.2) is 4.98 Å². The molecule has 4 nitrogen and oxygen atoms in total. The molecule has 0 saturated heterocycles. The number of aromatic nitrogens is 2. The molecule has 0 saturated carbocycles. The van der Waals surface area contributed by atoms with Crippen LogP contribution in [-0.2, 0) is 0 Å². The first kappa shape index (κ1) is 15.0. The van der Waals surface area contributed by atoms with Gasteiger partial charge in [0.1, 0.15) is 5.82 Å². The number of H-pyrrole nitrogens is 1. The topological polar surface area (TPSA) is 57.8 Å². The Balaban J connectivity index is 1.93. The predicted molar refractivity (Wildman–Crippen MR) is 81.9 cm³/mol. The fraction of sp³-hybridized carbons (Fsp3) is 0.625. The minimum atomic E-state index is -0.0214. The molecular weight excluding hydrogens is 250 g/mol. The largest absolute Gasteiger partial charge is 0.310 e. The van der Waals surface area contributed by atoms with Gasteiger partial charge >= 0.3 is 0 Å². The Hall–Kier alpha value is -1.42. The molecule has 0 radical (unpaired) electrons. The van der Waals surface area contributed by atoms with E-state index in [1.807, 2.05) is 20.8 Å². The molecular formula is C16H25N3O. The first-order valence-electron chi connectivity index (χ1n) is 7.56. The van der Waals surface area contributed by atoms with Crippen LogP contribution < -0.4 is 10.9 Å². The molecule has 1 aromatic heterocycles. The lowest BCUT2D eigenvalue weighted by atomic mass is 9.97. The maximum Gasteiger partial charge on any atom is 0.255 e. The van der Waals surface area contributed by atoms with E-state index in [1.54, 1.807) is 5.57 Å². The third-order valence-electron chi connectivity index (χ3n) is 3.98. The number of aromatic amines is 1. The monoisotopic (exact) mass is 275 g/mol. The van der Waals surface area contributed by atoms with Crippen molar-refractivity contribution in [3.63, 3.8) is 0 Å². The summed E-state index contributed by atoms with van der Waals surface area (Å²) in [5, 5.41) is 3.45. The number of allylic oxidation sites excluding steroid dienone is 1. The first-order chi connectivity index (χ1) is 9.58. The molecule has 1 heterocycles. The van der Waals surface area contributed by atoms with Crippen molar-refractivity contribution >= 4 is 0 Å². The van der Waals surface area contributed by atoms with Gasteiger partial charge in [-0.2, -0.15) is 0 Å². The summed E-state index contributed by atoms with van der Waals surface area (Å²) in [7, 11) is 0. The summed E-state index contributed by atoms with van der Waals surface area (Å²) in [6, 6.07) is 0.0380. The molecule has 20 heavy (non-hydrogen) atoms. The highest BCUT2D eigenvalue weighted by atomic mass is 16.1. The summed E-state index contributed by atoms with van der Waals surface area (Å²) < 4.78 is 0. The van der Waals surface area contributed by atoms with E-state index >= 15 is 0 Å². The SMILES string of the molecule is Cc1nc(C)c(C(C)NCCC2=CCCCC2)c(=O)[nH]1. The molecule has 1 aliphatic carbocycles. The Kier molecular flexibility index (Phi) is 5.12. The van der Waals surface area contributed by atoms with Crippen LogP contribution in [0.3, 0.4) is 0 Å². The molecule has 0 fully saturated rings. The van der Waals surface area contributed by atoms with Gasteiger partial charge in [-0.15, -0.1) is 0 Å². The van der Waals surface area contributed by atoms with Crippen LogP contribution in [0.15, 0.2) is 16.4 Å². The standard InChI is InChI=1S/C16H25N3O/c1-11(15-12(2)18-13(3)19-16(15)20)17-10-9-14-7-5-4-6-8-14/h7,11,17H,4-6,8-10H2,1-3H3,(H,18,19,20). The van der Waals surface area contributed by atoms with Gasteiger partial charge in [-0.3, -0.25) is 4.79 Å². The highest BCUT2D eigenvalue weighted by molar-refractivity contribution is 5.20. The van der Waals surface area contributed by atoms with E-state index in [9.17, 15) is 4.79 Å². The molecule has 4 heteroatoms. The van der Waals surface area contributed by atoms with Crippen molar-refractivity contribution in [2.24, 2.45) is 0 Å². The zero-order valence-corrected chi connectivity index (χ0v) is 12.8. The van der Waals surface area contributed by atoms with Crippen molar-refractivity contribution in [2.75, 3.05) is 6.54 Å². The van der Waals surface area contributed by atoms with Crippen LogP contribution in [-0.4, -0.2) is 16.5 Å². The van der Waals surface area contributed by atoms with Crippen LogP contribution in [0.4, 0.5) is 0 Å². The van der Waals surface area contributed by atoms with E-state index in [2.05, 4.69) is 21.4 Å². The lowest BCUT2D eigenvalue weighted by molar-refractivity contribution is 0.553. The fourth-order valence-electron chi connectivity index (χ4n) is 2.93. The van der Waals surface area contributed by atoms with Crippen molar-refractivity contribution in [2.45, 2.75) is 58.9 Å². The molecule has 2 rings (SSSR count). The van der Waals surface area contributed by atoms with Crippen LogP contribution in [0.2, 0.25) is 0 Å². The Bertz CT molecular complexity index is 545. The van der Waals surface area contributed by atoms with E-state index in [0.29, 0.717) is 5.82 Å². The molecule has 0 aliphatic heterocycles. The average Bonchev–Trinajstić information content (AvgIpc) is 2.38. The summed E-state index contributed by atoms with van der Waals surface area (Å²) in [5.41, 5.74) is 3.12. The summed E-state index contributed by atoms with van der Waals surface area (Å²) in [4.78, 5) is 19.1. The third-order valence-corrected chi connectivity index (χ3v) is 3.98. The van der Waals surface area contributed by atoms with Gasteiger partial charge in [0.05, 0.1) is 5.56 Å². The van der Waals surface area contributed by atoms with Gasteiger partial charge in [0.15, 0.2) is 0 Å². The molecule has 1 atom stereocenters. The quantitative estimate of drug-likeness (QED) is 0.812. The summed E-state index contributed by atoms with van der Waals surface area (Å²) in [5.74, 6) is 0.677. The summed E-state index contributed by atoms with van der Waals surface area (Å²) >= 11 is 0. The maximum atomic E-state index is 12.0. The Morgan fingerprint density at radius 2 is 2.20 bits per heavy atom. The highest BCUT2D eigenvalue weighted by Gasteiger charge is 2.14. The molecule has 0 bridgehead atoms. The summed E-state index contributed by atoms with van der Waals surface area (Å²) in [6.07, 6.45) is 8.58. The zero-order chi connectivity index (χ0) is 14.5. The number of nitrogens with zero attached hydrogens (tertiary/aromatic N) is 1. The number of nitrogens with one attached hydrogen (secondary N) is 2. The molecule has 0 amide bonds. The zero-order valence-electron chi connectivity index (χ0n) is 12.8. The van der Waals surface area contributed by atoms with Crippen LogP contribution in [0.1, 0.15) is 62.2 Å². The van der Waals surface area contributed by atoms with Gasteiger partial charge < -0.3 is 10.3 Å². The molecule has 1 aromatic rings. The van der Waals surface area contributed by atoms with Crippen LogP contribution >= 0.6 is 0 Å². The van der Waals surface area contributed by atoms with Gasteiger partial charge in [-0.05, 0) is 59.4 Å². The van der Waals surface area contributed by atoms with Crippen LogP contribution in [0, 0.1) is 13.8 Å². The molecule has 110 valence electrons. The lowest BCUT2D eigenvalue weighted by Gasteiger charge is -2.17. The van der Waals surface area contributed by atoms with E-state index in [4.69, 9.17) is 0 Å². The molecule has 0 spiro atoms. The second kappa shape index (κ2) is 6.84. The minimum Gasteiger partial charge on any atom is -0.310 e. The van der Waals surface area contributed by atoms with E-state index in [-0.39, 0.29) is 11.6 Å². The normalized spacial score (nSPS) is 16.9. The minimum absolute atomic E-state index is 0.0214. The smallest absolute Gasteiger partial charge is 0.255 e. The predicted octanol–water partition coefficient (Wildman–Crippen LogP) is 2.93. The number of rotatable bonds is 5. The van der Waals surface area contributed by atoms with Crippen LogP contribution in [0.25, 0.3) is 0 Å². The Labute approximate surface area is 120 Å². The third kappa shape index (κ3) is 3.79. The Morgan fingerprint density at radius 3 is 2.85 bits per heavy atom. The van der Waals surface area contributed by atoms with Crippen LogP contribution in [0.5, 0.6) is 0 Å².